The topological polar surface area (TPSA) is 103 Å². The van der Waals surface area contributed by atoms with Crippen LogP contribution in [0.5, 0.6) is 17.2 Å². The van der Waals surface area contributed by atoms with Crippen molar-refractivity contribution < 1.29 is 27.4 Å². The van der Waals surface area contributed by atoms with Crippen molar-refractivity contribution in [3.63, 3.8) is 0 Å². The lowest BCUT2D eigenvalue weighted by molar-refractivity contribution is -0.117. The third kappa shape index (κ3) is 5.06. The van der Waals surface area contributed by atoms with Crippen LogP contribution in [0.4, 0.5) is 5.69 Å². The van der Waals surface area contributed by atoms with Crippen LogP contribution in [-0.2, 0) is 14.8 Å². The number of amides is 1. The minimum Gasteiger partial charge on any atom is -0.497 e. The monoisotopic (exact) mass is 428 g/mol. The summed E-state index contributed by atoms with van der Waals surface area (Å²) in [7, 11) is 0.236. The highest BCUT2D eigenvalue weighted by Gasteiger charge is 2.26. The van der Waals surface area contributed by atoms with Gasteiger partial charge in [-0.2, -0.15) is 4.72 Å². The van der Waals surface area contributed by atoms with E-state index in [2.05, 4.69) is 10.0 Å². The molecule has 0 unspecified atom stereocenters. The van der Waals surface area contributed by atoms with Gasteiger partial charge in [0, 0.05) is 11.1 Å². The van der Waals surface area contributed by atoms with E-state index in [-0.39, 0.29) is 15.7 Å². The van der Waals surface area contributed by atoms with Crippen molar-refractivity contribution in [2.45, 2.75) is 17.9 Å². The van der Waals surface area contributed by atoms with E-state index in [1.165, 1.54) is 46.5 Å². The first-order valence-electron chi connectivity index (χ1n) is 8.10. The summed E-state index contributed by atoms with van der Waals surface area (Å²) < 4.78 is 43.0. The first kappa shape index (κ1) is 21.8. The first-order chi connectivity index (χ1) is 13.2. The van der Waals surface area contributed by atoms with E-state index >= 15 is 0 Å². The molecule has 152 valence electrons. The third-order valence-electron chi connectivity index (χ3n) is 3.81. The van der Waals surface area contributed by atoms with Crippen LogP contribution >= 0.6 is 11.6 Å². The van der Waals surface area contributed by atoms with E-state index in [1.807, 2.05) is 0 Å². The van der Waals surface area contributed by atoms with Crippen molar-refractivity contribution >= 4 is 33.2 Å². The predicted octanol–water partition coefficient (Wildman–Crippen LogP) is 2.67. The highest BCUT2D eigenvalue weighted by atomic mass is 35.5. The van der Waals surface area contributed by atoms with Crippen LogP contribution < -0.4 is 24.2 Å². The zero-order valence-electron chi connectivity index (χ0n) is 15.8. The lowest BCUT2D eigenvalue weighted by Gasteiger charge is -2.17. The molecule has 0 aliphatic carbocycles. The van der Waals surface area contributed by atoms with Gasteiger partial charge in [-0.3, -0.25) is 4.79 Å². The molecule has 0 saturated heterocycles. The molecule has 0 heterocycles. The fourth-order valence-corrected chi connectivity index (χ4v) is 3.99. The zero-order chi connectivity index (χ0) is 20.9. The molecule has 0 fully saturated rings. The lowest BCUT2D eigenvalue weighted by Crippen LogP contribution is -2.41. The summed E-state index contributed by atoms with van der Waals surface area (Å²) in [4.78, 5) is 12.3. The standard InChI is InChI=1S/C18H21ClN2O6S/c1-11(18(22)20-14-7-6-13(25-2)10-16(14)27-4)21-28(23,24)17-9-12(19)5-8-15(17)26-3/h5-11,21H,1-4H3,(H,20,22)/t11-/m0/s1. The van der Waals surface area contributed by atoms with E-state index in [4.69, 9.17) is 25.8 Å². The van der Waals surface area contributed by atoms with Crippen LogP contribution in [0.2, 0.25) is 5.02 Å². The van der Waals surface area contributed by atoms with E-state index < -0.39 is 22.0 Å². The molecule has 1 atom stereocenters. The van der Waals surface area contributed by atoms with Gasteiger partial charge in [0.15, 0.2) is 0 Å². The van der Waals surface area contributed by atoms with Gasteiger partial charge in [-0.05, 0) is 37.3 Å². The van der Waals surface area contributed by atoms with Crippen molar-refractivity contribution in [3.8, 4) is 17.2 Å². The fraction of sp³-hybridized carbons (Fsp3) is 0.278. The molecule has 0 aliphatic rings. The van der Waals surface area contributed by atoms with Gasteiger partial charge in [0.25, 0.3) is 0 Å². The van der Waals surface area contributed by atoms with Crippen molar-refractivity contribution in [2.75, 3.05) is 26.6 Å². The molecule has 0 bridgehead atoms. The SMILES string of the molecule is COc1ccc(NC(=O)[C@H](C)NS(=O)(=O)c2cc(Cl)ccc2OC)c(OC)c1. The molecule has 0 aliphatic heterocycles. The van der Waals surface area contributed by atoms with Gasteiger partial charge in [-0.1, -0.05) is 11.6 Å². The van der Waals surface area contributed by atoms with Gasteiger partial charge in [-0.15, -0.1) is 0 Å². The summed E-state index contributed by atoms with van der Waals surface area (Å²) in [5, 5.41) is 2.85. The minimum atomic E-state index is -4.06. The van der Waals surface area contributed by atoms with Crippen LogP contribution in [0.15, 0.2) is 41.3 Å². The average Bonchev–Trinajstić information content (AvgIpc) is 2.67. The Morgan fingerprint density at radius 3 is 2.29 bits per heavy atom. The van der Waals surface area contributed by atoms with Gasteiger partial charge in [0.1, 0.15) is 22.1 Å². The largest absolute Gasteiger partial charge is 0.497 e. The number of sulfonamides is 1. The second kappa shape index (κ2) is 9.13. The normalized spacial score (nSPS) is 12.2. The van der Waals surface area contributed by atoms with Crippen LogP contribution in [0.1, 0.15) is 6.92 Å². The Kier molecular flexibility index (Phi) is 7.11. The van der Waals surface area contributed by atoms with Crippen LogP contribution in [0, 0.1) is 0 Å². The number of benzene rings is 2. The molecule has 0 spiro atoms. The lowest BCUT2D eigenvalue weighted by atomic mass is 10.2. The molecular formula is C18H21ClN2O6S. The molecule has 1 amide bonds. The molecule has 2 aromatic carbocycles. The molecule has 8 nitrogen and oxygen atoms in total. The van der Waals surface area contributed by atoms with Crippen molar-refractivity contribution in [1.29, 1.82) is 0 Å². The first-order valence-corrected chi connectivity index (χ1v) is 9.96. The highest BCUT2D eigenvalue weighted by Crippen LogP contribution is 2.30. The van der Waals surface area contributed by atoms with Crippen LogP contribution in [-0.4, -0.2) is 41.7 Å². The van der Waals surface area contributed by atoms with Crippen molar-refractivity contribution in [3.05, 3.63) is 41.4 Å². The Balaban J connectivity index is 2.19. The minimum absolute atomic E-state index is 0.112. The Morgan fingerprint density at radius 2 is 1.68 bits per heavy atom. The Bertz CT molecular complexity index is 965. The van der Waals surface area contributed by atoms with Gasteiger partial charge in [0.2, 0.25) is 15.9 Å². The summed E-state index contributed by atoms with van der Waals surface area (Å²) in [5.41, 5.74) is 0.375. The summed E-state index contributed by atoms with van der Waals surface area (Å²) >= 11 is 5.89. The number of ether oxygens (including phenoxy) is 3. The molecular weight excluding hydrogens is 408 g/mol. The third-order valence-corrected chi connectivity index (χ3v) is 5.60. The second-order valence-electron chi connectivity index (χ2n) is 5.69. The molecule has 0 radical (unpaired) electrons. The zero-order valence-corrected chi connectivity index (χ0v) is 17.3. The maximum atomic E-state index is 12.7. The number of hydrogen-bond donors (Lipinski definition) is 2. The Labute approximate surface area is 168 Å². The number of rotatable bonds is 8. The summed E-state index contributed by atoms with van der Waals surface area (Å²) in [6.07, 6.45) is 0. The number of carbonyl (C=O) groups is 1. The Morgan fingerprint density at radius 1 is 1.00 bits per heavy atom. The summed E-state index contributed by atoms with van der Waals surface area (Å²) in [5.74, 6) is 0.463. The molecule has 0 aromatic heterocycles. The molecule has 28 heavy (non-hydrogen) atoms. The fourth-order valence-electron chi connectivity index (χ4n) is 2.35. The molecule has 2 N–H and O–H groups in total. The van der Waals surface area contributed by atoms with Gasteiger partial charge < -0.3 is 19.5 Å². The number of hydrogen-bond acceptors (Lipinski definition) is 6. The summed E-state index contributed by atoms with van der Waals surface area (Å²) in [6.45, 7) is 1.42. The number of halogens is 1. The van der Waals surface area contributed by atoms with Crippen molar-refractivity contribution in [1.82, 2.24) is 4.72 Å². The van der Waals surface area contributed by atoms with Crippen LogP contribution in [0.3, 0.4) is 0 Å². The maximum absolute atomic E-state index is 12.7. The smallest absolute Gasteiger partial charge is 0.245 e. The quantitative estimate of drug-likeness (QED) is 0.670. The number of nitrogens with one attached hydrogen (secondary N) is 2. The second-order valence-corrected chi connectivity index (χ2v) is 7.81. The van der Waals surface area contributed by atoms with E-state index in [9.17, 15) is 13.2 Å². The van der Waals surface area contributed by atoms with Crippen LogP contribution in [0.25, 0.3) is 0 Å². The highest BCUT2D eigenvalue weighted by molar-refractivity contribution is 7.89. The predicted molar refractivity (Wildman–Crippen MR) is 106 cm³/mol. The molecule has 10 heteroatoms. The maximum Gasteiger partial charge on any atom is 0.245 e. The van der Waals surface area contributed by atoms with E-state index in [1.54, 1.807) is 18.2 Å². The number of anilines is 1. The molecule has 0 saturated carbocycles. The van der Waals surface area contributed by atoms with Gasteiger partial charge in [0.05, 0.1) is 33.1 Å². The molecule has 2 aromatic rings. The number of methoxy groups -OCH3 is 3. The van der Waals surface area contributed by atoms with E-state index in [0.717, 1.165) is 0 Å². The van der Waals surface area contributed by atoms with Gasteiger partial charge >= 0.3 is 0 Å². The summed E-state index contributed by atoms with van der Waals surface area (Å²) in [6, 6.07) is 7.94. The average molecular weight is 429 g/mol. The van der Waals surface area contributed by atoms with E-state index in [0.29, 0.717) is 17.2 Å². The number of carbonyl (C=O) groups excluding carboxylic acids is 1. The molecule has 2 rings (SSSR count). The Hall–Kier alpha value is -2.49. The van der Waals surface area contributed by atoms with Gasteiger partial charge in [-0.25, -0.2) is 8.42 Å². The van der Waals surface area contributed by atoms with Crippen molar-refractivity contribution in [2.24, 2.45) is 0 Å².